The molecule has 0 aliphatic carbocycles. The summed E-state index contributed by atoms with van der Waals surface area (Å²) in [6.07, 6.45) is 2.25. The molecule has 0 heterocycles. The first-order chi connectivity index (χ1) is 19.3. The van der Waals surface area contributed by atoms with Crippen molar-refractivity contribution in [1.29, 1.82) is 0 Å². The van der Waals surface area contributed by atoms with E-state index in [-0.39, 0.29) is 37.9 Å². The van der Waals surface area contributed by atoms with Gasteiger partial charge in [-0.2, -0.15) is 0 Å². The molecule has 0 unspecified atom stereocenters. The number of aliphatic hydroxyl groups is 4. The number of nitrogens with one attached hydrogen (secondary N) is 2. The lowest BCUT2D eigenvalue weighted by atomic mass is 10.0. The third kappa shape index (κ3) is 8.62. The van der Waals surface area contributed by atoms with E-state index < -0.39 is 7.14 Å². The Morgan fingerprint density at radius 3 is 1.30 bits per heavy atom. The summed E-state index contributed by atoms with van der Waals surface area (Å²) in [6, 6.07) is 16.4. The van der Waals surface area contributed by atoms with Crippen LogP contribution in [0.15, 0.2) is 54.6 Å². The van der Waals surface area contributed by atoms with E-state index in [1.807, 2.05) is 30.3 Å². The zero-order valence-electron chi connectivity index (χ0n) is 22.7. The van der Waals surface area contributed by atoms with Crippen LogP contribution in [0.4, 0.5) is 0 Å². The van der Waals surface area contributed by atoms with Crippen LogP contribution < -0.4 is 15.9 Å². The number of hydrogen-bond acceptors (Lipinski definition) is 9. The molecule has 218 valence electrons. The number of benzene rings is 3. The summed E-state index contributed by atoms with van der Waals surface area (Å²) in [5, 5.41) is 65.5. The quantitative estimate of drug-likeness (QED) is 0.0889. The molecule has 0 fully saturated rings. The van der Waals surface area contributed by atoms with Crippen LogP contribution in [0.25, 0.3) is 0 Å². The van der Waals surface area contributed by atoms with E-state index in [0.29, 0.717) is 73.6 Å². The van der Waals surface area contributed by atoms with Crippen molar-refractivity contribution in [2.75, 3.05) is 38.5 Å². The van der Waals surface area contributed by atoms with Gasteiger partial charge in [-0.1, -0.05) is 30.3 Å². The highest BCUT2D eigenvalue weighted by Crippen LogP contribution is 2.43. The van der Waals surface area contributed by atoms with Crippen LogP contribution in [0.2, 0.25) is 0 Å². The first-order valence-electron chi connectivity index (χ1n) is 13.5. The SMILES string of the molecule is O=P(CCNCCc1cc(CO)c(O)c(CO)c1)(CCNCCc1cc(CO)c(O)c(CO)c1)c1ccccc1. The summed E-state index contributed by atoms with van der Waals surface area (Å²) in [5.74, 6) is -0.154. The lowest BCUT2D eigenvalue weighted by Crippen LogP contribution is -2.27. The highest BCUT2D eigenvalue weighted by molar-refractivity contribution is 7.71. The molecule has 0 amide bonds. The number of aromatic hydroxyl groups is 2. The molecule has 9 nitrogen and oxygen atoms in total. The van der Waals surface area contributed by atoms with Gasteiger partial charge in [0, 0.05) is 53.0 Å². The van der Waals surface area contributed by atoms with Crippen molar-refractivity contribution in [3.05, 3.63) is 88.0 Å². The molecule has 0 atom stereocenters. The fourth-order valence-electron chi connectivity index (χ4n) is 4.74. The first-order valence-corrected chi connectivity index (χ1v) is 15.6. The van der Waals surface area contributed by atoms with Gasteiger partial charge in [-0.15, -0.1) is 0 Å². The van der Waals surface area contributed by atoms with E-state index in [4.69, 9.17) is 0 Å². The van der Waals surface area contributed by atoms with Gasteiger partial charge in [-0.3, -0.25) is 0 Å². The maximum atomic E-state index is 14.0. The van der Waals surface area contributed by atoms with Crippen LogP contribution >= 0.6 is 7.14 Å². The summed E-state index contributed by atoms with van der Waals surface area (Å²) in [4.78, 5) is 0. The fourth-order valence-corrected chi connectivity index (χ4v) is 7.23. The number of hydrogen-bond donors (Lipinski definition) is 8. The van der Waals surface area contributed by atoms with E-state index in [9.17, 15) is 35.2 Å². The van der Waals surface area contributed by atoms with Crippen molar-refractivity contribution in [2.24, 2.45) is 0 Å². The largest absolute Gasteiger partial charge is 0.507 e. The summed E-state index contributed by atoms with van der Waals surface area (Å²) in [7, 11) is -2.68. The standard InChI is InChI=1S/C30H41N2O7P/c33-18-24-14-22(15-25(19-34)29(24)37)6-8-31-10-12-40(39,28-4-2-1-3-5-28)13-11-32-9-7-23-16-26(20-35)30(38)27(17-23)21-36/h1-5,14-17,31-38H,6-13,18-21H2. The third-order valence-corrected chi connectivity index (χ3v) is 10.2. The smallest absolute Gasteiger partial charge is 0.126 e. The van der Waals surface area contributed by atoms with Gasteiger partial charge in [0.15, 0.2) is 0 Å². The van der Waals surface area contributed by atoms with Gasteiger partial charge < -0.3 is 45.8 Å². The Kier molecular flexibility index (Phi) is 12.6. The van der Waals surface area contributed by atoms with Gasteiger partial charge in [0.1, 0.15) is 18.6 Å². The number of phenols is 2. The lowest BCUT2D eigenvalue weighted by Gasteiger charge is -2.20. The zero-order valence-corrected chi connectivity index (χ0v) is 23.6. The molecule has 0 aliphatic rings. The predicted molar refractivity (Wildman–Crippen MR) is 156 cm³/mol. The Morgan fingerprint density at radius 2 is 0.950 bits per heavy atom. The minimum absolute atomic E-state index is 0.0768. The molecule has 40 heavy (non-hydrogen) atoms. The highest BCUT2D eigenvalue weighted by Gasteiger charge is 2.23. The van der Waals surface area contributed by atoms with Gasteiger partial charge >= 0.3 is 0 Å². The van der Waals surface area contributed by atoms with Crippen molar-refractivity contribution in [3.8, 4) is 11.5 Å². The molecule has 3 aromatic carbocycles. The lowest BCUT2D eigenvalue weighted by molar-refractivity contribution is 0.263. The molecule has 0 bridgehead atoms. The Hall–Kier alpha value is -2.75. The van der Waals surface area contributed by atoms with Crippen molar-refractivity contribution < 1.29 is 35.2 Å². The van der Waals surface area contributed by atoms with E-state index in [1.54, 1.807) is 24.3 Å². The average Bonchev–Trinajstić information content (AvgIpc) is 2.98. The summed E-state index contributed by atoms with van der Waals surface area (Å²) < 4.78 is 14.0. The van der Waals surface area contributed by atoms with E-state index in [0.717, 1.165) is 16.4 Å². The molecule has 0 saturated carbocycles. The average molecular weight is 573 g/mol. The van der Waals surface area contributed by atoms with Crippen molar-refractivity contribution >= 4 is 12.4 Å². The predicted octanol–water partition coefficient (Wildman–Crippen LogP) is 1.72. The Bertz CT molecular complexity index is 1140. The number of aliphatic hydroxyl groups excluding tert-OH is 4. The van der Waals surface area contributed by atoms with Gasteiger partial charge in [-0.25, -0.2) is 0 Å². The van der Waals surface area contributed by atoms with Gasteiger partial charge in [0.2, 0.25) is 0 Å². The Balaban J connectivity index is 1.52. The van der Waals surface area contributed by atoms with Crippen LogP contribution in [0.1, 0.15) is 33.4 Å². The minimum atomic E-state index is -2.68. The fraction of sp³-hybridized carbons (Fsp3) is 0.400. The molecule has 10 heteroatoms. The summed E-state index contributed by atoms with van der Waals surface area (Å²) in [6.45, 7) is 1.12. The molecular formula is C30H41N2O7P. The maximum absolute atomic E-state index is 14.0. The minimum Gasteiger partial charge on any atom is -0.507 e. The van der Waals surface area contributed by atoms with Crippen LogP contribution in [-0.2, 0) is 43.8 Å². The first kappa shape index (κ1) is 31.8. The van der Waals surface area contributed by atoms with Crippen molar-refractivity contribution in [1.82, 2.24) is 10.6 Å². The second kappa shape index (κ2) is 15.9. The second-order valence-electron chi connectivity index (χ2n) is 9.83. The van der Waals surface area contributed by atoms with Crippen molar-refractivity contribution in [2.45, 2.75) is 39.3 Å². The van der Waals surface area contributed by atoms with Crippen molar-refractivity contribution in [3.63, 3.8) is 0 Å². The summed E-state index contributed by atoms with van der Waals surface area (Å²) >= 11 is 0. The Labute approximate surface area is 235 Å². The van der Waals surface area contributed by atoms with Crippen LogP contribution in [-0.4, -0.2) is 69.1 Å². The van der Waals surface area contributed by atoms with Gasteiger partial charge in [0.25, 0.3) is 0 Å². The Morgan fingerprint density at radius 1 is 0.575 bits per heavy atom. The number of rotatable bonds is 17. The summed E-state index contributed by atoms with van der Waals surface area (Å²) in [5.41, 5.74) is 3.32. The third-order valence-electron chi connectivity index (χ3n) is 7.04. The molecular weight excluding hydrogens is 531 g/mol. The maximum Gasteiger partial charge on any atom is 0.126 e. The molecule has 0 aromatic heterocycles. The van der Waals surface area contributed by atoms with E-state index in [1.165, 1.54) is 0 Å². The highest BCUT2D eigenvalue weighted by atomic mass is 31.2. The molecule has 0 radical (unpaired) electrons. The van der Waals surface area contributed by atoms with Crippen LogP contribution in [0.5, 0.6) is 11.5 Å². The molecule has 0 saturated heterocycles. The molecule has 8 N–H and O–H groups in total. The molecule has 0 spiro atoms. The zero-order chi connectivity index (χ0) is 29.0. The normalized spacial score (nSPS) is 11.7. The molecule has 3 aromatic rings. The monoisotopic (exact) mass is 572 g/mol. The second-order valence-corrected chi connectivity index (χ2v) is 13.0. The van der Waals surface area contributed by atoms with E-state index in [2.05, 4.69) is 10.6 Å². The van der Waals surface area contributed by atoms with E-state index >= 15 is 0 Å². The topological polar surface area (TPSA) is 163 Å². The molecule has 3 rings (SSSR count). The van der Waals surface area contributed by atoms with Crippen LogP contribution in [0, 0.1) is 0 Å². The van der Waals surface area contributed by atoms with Gasteiger partial charge in [-0.05, 0) is 61.3 Å². The van der Waals surface area contributed by atoms with Crippen LogP contribution in [0.3, 0.4) is 0 Å². The molecule has 0 aliphatic heterocycles. The van der Waals surface area contributed by atoms with Gasteiger partial charge in [0.05, 0.1) is 26.4 Å².